The van der Waals surface area contributed by atoms with Crippen LogP contribution in [0.25, 0.3) is 0 Å². The Kier molecular flexibility index (Phi) is 7.77. The van der Waals surface area contributed by atoms with Crippen LogP contribution in [0.3, 0.4) is 0 Å². The number of nitrogens with one attached hydrogen (secondary N) is 1. The van der Waals surface area contributed by atoms with E-state index < -0.39 is 17.9 Å². The maximum Gasteiger partial charge on any atom is 0.309 e. The smallest absolute Gasteiger partial charge is 0.309 e. The van der Waals surface area contributed by atoms with Gasteiger partial charge >= 0.3 is 5.97 Å². The lowest BCUT2D eigenvalue weighted by atomic mass is 9.81. The van der Waals surface area contributed by atoms with E-state index in [9.17, 15) is 14.7 Å². The van der Waals surface area contributed by atoms with E-state index in [0.717, 1.165) is 64.1 Å². The summed E-state index contributed by atoms with van der Waals surface area (Å²) in [6.45, 7) is 7.21. The Labute approximate surface area is 250 Å². The van der Waals surface area contributed by atoms with Crippen LogP contribution in [-0.4, -0.2) is 48.4 Å². The van der Waals surface area contributed by atoms with Gasteiger partial charge in [-0.1, -0.05) is 37.6 Å². The maximum atomic E-state index is 13.7. The number of fused-ring (bicyclic) bond motifs is 2. The summed E-state index contributed by atoms with van der Waals surface area (Å²) < 4.78 is 16.9. The number of nitrogens with zero attached hydrogens (tertiary/aromatic N) is 1. The quantitative estimate of drug-likeness (QED) is 0.336. The number of rotatable bonds is 8. The Morgan fingerprint density at radius 2 is 1.71 bits per heavy atom. The predicted molar refractivity (Wildman–Crippen MR) is 160 cm³/mol. The molecule has 1 unspecified atom stereocenters. The topological polar surface area (TPSA) is 97.3 Å². The second-order valence-corrected chi connectivity index (χ2v) is 11.7. The van der Waals surface area contributed by atoms with E-state index in [2.05, 4.69) is 5.32 Å². The molecule has 6 rings (SSSR count). The van der Waals surface area contributed by atoms with E-state index in [1.54, 1.807) is 0 Å². The van der Waals surface area contributed by atoms with E-state index in [0.29, 0.717) is 29.7 Å². The first-order valence-electron chi connectivity index (χ1n) is 14.5. The molecule has 3 aliphatic heterocycles. The van der Waals surface area contributed by atoms with Crippen molar-refractivity contribution in [1.29, 1.82) is 0 Å². The molecule has 220 valence electrons. The molecule has 8 nitrogen and oxygen atoms in total. The van der Waals surface area contributed by atoms with Gasteiger partial charge in [-0.15, -0.1) is 0 Å². The Balaban J connectivity index is 1.37. The fraction of sp³-hybridized carbons (Fsp3) is 0.394. The van der Waals surface area contributed by atoms with Crippen molar-refractivity contribution >= 4 is 29.2 Å². The summed E-state index contributed by atoms with van der Waals surface area (Å²) in [7, 11) is 0. The molecule has 0 saturated carbocycles. The van der Waals surface area contributed by atoms with Gasteiger partial charge in [0.05, 0.1) is 19.1 Å². The molecule has 1 saturated heterocycles. The van der Waals surface area contributed by atoms with Gasteiger partial charge in [0.2, 0.25) is 12.7 Å². The second kappa shape index (κ2) is 11.5. The Morgan fingerprint density at radius 1 is 1.00 bits per heavy atom. The van der Waals surface area contributed by atoms with Crippen LogP contribution in [0.1, 0.15) is 59.2 Å². The third-order valence-corrected chi connectivity index (χ3v) is 8.96. The van der Waals surface area contributed by atoms with Crippen molar-refractivity contribution in [3.8, 4) is 17.2 Å². The van der Waals surface area contributed by atoms with Gasteiger partial charge in [0.25, 0.3) is 0 Å². The first-order chi connectivity index (χ1) is 20.3. The monoisotopic (exact) mass is 590 g/mol. The third kappa shape index (κ3) is 5.18. The van der Waals surface area contributed by atoms with Crippen LogP contribution in [-0.2, 0) is 28.9 Å². The second-order valence-electron chi connectivity index (χ2n) is 11.2. The van der Waals surface area contributed by atoms with Gasteiger partial charge in [-0.25, -0.2) is 0 Å². The molecule has 0 aliphatic carbocycles. The average molecular weight is 591 g/mol. The lowest BCUT2D eigenvalue weighted by Gasteiger charge is -2.27. The van der Waals surface area contributed by atoms with E-state index in [1.807, 2.05) is 68.1 Å². The lowest BCUT2D eigenvalue weighted by Crippen LogP contribution is -2.35. The lowest BCUT2D eigenvalue weighted by molar-refractivity contribution is -0.143. The zero-order valence-corrected chi connectivity index (χ0v) is 24.8. The number of hydrogen-bond acceptors (Lipinski definition) is 6. The van der Waals surface area contributed by atoms with Gasteiger partial charge in [0, 0.05) is 35.6 Å². The van der Waals surface area contributed by atoms with Gasteiger partial charge in [0.15, 0.2) is 11.5 Å². The molecule has 0 spiro atoms. The van der Waals surface area contributed by atoms with E-state index in [4.69, 9.17) is 25.8 Å². The van der Waals surface area contributed by atoms with Crippen molar-refractivity contribution in [3.63, 3.8) is 0 Å². The first-order valence-corrected chi connectivity index (χ1v) is 14.9. The molecule has 0 radical (unpaired) electrons. The summed E-state index contributed by atoms with van der Waals surface area (Å²) >= 11 is 6.35. The minimum atomic E-state index is -0.902. The molecule has 2 N–H and O–H groups in total. The molecular weight excluding hydrogens is 556 g/mol. The summed E-state index contributed by atoms with van der Waals surface area (Å²) in [6, 6.07) is 13.0. The van der Waals surface area contributed by atoms with Crippen LogP contribution in [0.4, 0.5) is 5.69 Å². The summed E-state index contributed by atoms with van der Waals surface area (Å²) in [5.41, 5.74) is 6.49. The van der Waals surface area contributed by atoms with Gasteiger partial charge in [-0.2, -0.15) is 0 Å². The SMILES string of the molecule is CCc1cc(Cl)cc(CC)c1NC(=O)CN1C[C@H](c2cc3c(cc2C)OCO3)C(C(=O)O)[C@@H]1c1ccc2c(c1)CCO2. The van der Waals surface area contributed by atoms with Crippen molar-refractivity contribution in [2.45, 2.75) is 52.0 Å². The van der Waals surface area contributed by atoms with Crippen molar-refractivity contribution in [1.82, 2.24) is 4.90 Å². The van der Waals surface area contributed by atoms with Crippen molar-refractivity contribution in [3.05, 3.63) is 80.9 Å². The van der Waals surface area contributed by atoms with Crippen molar-refractivity contribution in [2.75, 3.05) is 31.8 Å². The number of aryl methyl sites for hydroxylation is 3. The molecular formula is C33H35ClN2O6. The fourth-order valence-electron chi connectivity index (χ4n) is 6.76. The molecule has 3 aromatic rings. The highest BCUT2D eigenvalue weighted by Crippen LogP contribution is 2.49. The summed E-state index contributed by atoms with van der Waals surface area (Å²) in [5, 5.41) is 14.5. The molecule has 0 bridgehead atoms. The first kappa shape index (κ1) is 28.4. The zero-order valence-electron chi connectivity index (χ0n) is 24.0. The molecule has 1 fully saturated rings. The minimum absolute atomic E-state index is 0.0388. The molecule has 3 atom stereocenters. The highest BCUT2D eigenvalue weighted by Gasteiger charge is 2.48. The molecule has 42 heavy (non-hydrogen) atoms. The standard InChI is InChI=1S/C33H35ClN2O6/c1-4-19-12-23(34)13-20(5-2)31(19)35-29(37)16-36-15-25(24-14-28-27(10-18(24)3)41-17-42-28)30(33(38)39)32(36)22-6-7-26-21(11-22)8-9-40-26/h6-7,10-14,25,30,32H,4-5,8-9,15-17H2,1-3H3,(H,35,37)(H,38,39)/t25-,30?,32+/m1/s1. The van der Waals surface area contributed by atoms with Crippen molar-refractivity contribution < 1.29 is 28.9 Å². The number of ether oxygens (including phenoxy) is 3. The number of aliphatic carboxylic acids is 1. The molecule has 3 heterocycles. The van der Waals surface area contributed by atoms with Gasteiger partial charge in [-0.05, 0) is 83.5 Å². The molecule has 3 aromatic carbocycles. The normalized spacial score (nSPS) is 20.8. The van der Waals surface area contributed by atoms with Crippen LogP contribution in [0.5, 0.6) is 17.2 Å². The number of carbonyl (C=O) groups is 2. The number of carboxylic acid groups (broad SMARTS) is 1. The number of halogens is 1. The van der Waals surface area contributed by atoms with Gasteiger partial charge in [-0.3, -0.25) is 14.5 Å². The molecule has 1 amide bonds. The minimum Gasteiger partial charge on any atom is -0.493 e. The number of amides is 1. The fourth-order valence-corrected chi connectivity index (χ4v) is 7.03. The Bertz CT molecular complexity index is 1530. The molecule has 0 aromatic heterocycles. The number of carbonyl (C=O) groups excluding carboxylic acids is 1. The van der Waals surface area contributed by atoms with Gasteiger partial charge < -0.3 is 24.6 Å². The predicted octanol–water partition coefficient (Wildman–Crippen LogP) is 5.92. The van der Waals surface area contributed by atoms with E-state index in [-0.39, 0.29) is 25.2 Å². The number of carboxylic acids is 1. The largest absolute Gasteiger partial charge is 0.493 e. The van der Waals surface area contributed by atoms with Gasteiger partial charge in [0.1, 0.15) is 5.75 Å². The van der Waals surface area contributed by atoms with Crippen molar-refractivity contribution in [2.24, 2.45) is 5.92 Å². The number of likely N-dealkylation sites (tertiary alicyclic amines) is 1. The number of benzene rings is 3. The maximum absolute atomic E-state index is 13.7. The average Bonchev–Trinajstić information content (AvgIpc) is 3.70. The highest BCUT2D eigenvalue weighted by molar-refractivity contribution is 6.30. The van der Waals surface area contributed by atoms with E-state index in [1.165, 1.54) is 0 Å². The Hall–Kier alpha value is -3.75. The summed E-state index contributed by atoms with van der Waals surface area (Å²) in [4.78, 5) is 28.8. The highest BCUT2D eigenvalue weighted by atomic mass is 35.5. The summed E-state index contributed by atoms with van der Waals surface area (Å²) in [5.74, 6) is -0.141. The zero-order chi connectivity index (χ0) is 29.5. The van der Waals surface area contributed by atoms with Crippen LogP contribution >= 0.6 is 11.6 Å². The van der Waals surface area contributed by atoms with Crippen LogP contribution in [0.15, 0.2) is 42.5 Å². The van der Waals surface area contributed by atoms with Crippen LogP contribution < -0.4 is 19.5 Å². The molecule has 9 heteroatoms. The number of hydrogen-bond donors (Lipinski definition) is 2. The third-order valence-electron chi connectivity index (χ3n) is 8.74. The van der Waals surface area contributed by atoms with Crippen LogP contribution in [0, 0.1) is 12.8 Å². The summed E-state index contributed by atoms with van der Waals surface area (Å²) in [6.07, 6.45) is 2.22. The number of anilines is 1. The Morgan fingerprint density at radius 3 is 2.40 bits per heavy atom. The molecule has 3 aliphatic rings. The van der Waals surface area contributed by atoms with E-state index >= 15 is 0 Å². The van der Waals surface area contributed by atoms with Crippen LogP contribution in [0.2, 0.25) is 5.02 Å².